The molecule has 0 radical (unpaired) electrons. The molecule has 1 N–H and O–H groups in total. The van der Waals surface area contributed by atoms with Crippen molar-refractivity contribution < 1.29 is 9.50 Å². The first-order chi connectivity index (χ1) is 11.2. The second-order valence-electron chi connectivity index (χ2n) is 5.28. The van der Waals surface area contributed by atoms with Gasteiger partial charge in [0.15, 0.2) is 0 Å². The molecule has 0 amide bonds. The van der Waals surface area contributed by atoms with E-state index in [0.717, 1.165) is 28.1 Å². The number of rotatable bonds is 2. The fourth-order valence-electron chi connectivity index (χ4n) is 2.68. The van der Waals surface area contributed by atoms with Crippen molar-refractivity contribution in [2.24, 2.45) is 0 Å². The van der Waals surface area contributed by atoms with E-state index in [1.165, 1.54) is 12.1 Å². The summed E-state index contributed by atoms with van der Waals surface area (Å²) in [5.74, 6) is 0.666. The summed E-state index contributed by atoms with van der Waals surface area (Å²) in [5, 5.41) is 9.52. The zero-order valence-corrected chi connectivity index (χ0v) is 12.1. The normalized spacial score (nSPS) is 11.0. The van der Waals surface area contributed by atoms with E-state index in [1.807, 2.05) is 41.0 Å². The smallest absolute Gasteiger partial charge is 0.145 e. The molecular weight excluding hydrogens is 291 g/mol. The second-order valence-corrected chi connectivity index (χ2v) is 5.28. The molecule has 0 aliphatic heterocycles. The summed E-state index contributed by atoms with van der Waals surface area (Å²) < 4.78 is 15.2. The van der Waals surface area contributed by atoms with Gasteiger partial charge < -0.3 is 5.11 Å². The minimum atomic E-state index is -0.277. The second kappa shape index (κ2) is 5.25. The van der Waals surface area contributed by atoms with Crippen LogP contribution in [-0.4, -0.2) is 14.7 Å². The third-order valence-electron chi connectivity index (χ3n) is 3.77. The minimum Gasteiger partial charge on any atom is -0.508 e. The molecule has 112 valence electrons. The van der Waals surface area contributed by atoms with Gasteiger partial charge in [-0.05, 0) is 60.7 Å². The summed E-state index contributed by atoms with van der Waals surface area (Å²) in [4.78, 5) is 4.69. The highest BCUT2D eigenvalue weighted by atomic mass is 19.1. The van der Waals surface area contributed by atoms with Crippen LogP contribution in [0.1, 0.15) is 0 Å². The summed E-state index contributed by atoms with van der Waals surface area (Å²) >= 11 is 0. The first-order valence-electron chi connectivity index (χ1n) is 7.25. The molecule has 3 aromatic carbocycles. The van der Waals surface area contributed by atoms with E-state index in [4.69, 9.17) is 0 Å². The van der Waals surface area contributed by atoms with Gasteiger partial charge in [-0.25, -0.2) is 9.37 Å². The van der Waals surface area contributed by atoms with Crippen molar-refractivity contribution in [3.8, 4) is 22.8 Å². The molecule has 1 aromatic heterocycles. The predicted octanol–water partition coefficient (Wildman–Crippen LogP) is 4.54. The zero-order valence-electron chi connectivity index (χ0n) is 12.1. The van der Waals surface area contributed by atoms with Crippen LogP contribution in [0, 0.1) is 5.82 Å². The van der Waals surface area contributed by atoms with Crippen LogP contribution in [0.15, 0.2) is 72.8 Å². The molecular formula is C19H13FN2O. The lowest BCUT2D eigenvalue weighted by Crippen LogP contribution is -1.97. The number of hydrogen-bond donors (Lipinski definition) is 1. The summed E-state index contributed by atoms with van der Waals surface area (Å²) in [6.45, 7) is 0. The molecule has 1 heterocycles. The van der Waals surface area contributed by atoms with E-state index < -0.39 is 0 Å². The zero-order chi connectivity index (χ0) is 15.8. The van der Waals surface area contributed by atoms with Crippen molar-refractivity contribution in [1.29, 1.82) is 0 Å². The van der Waals surface area contributed by atoms with E-state index in [0.29, 0.717) is 0 Å². The third kappa shape index (κ3) is 2.34. The highest BCUT2D eigenvalue weighted by Crippen LogP contribution is 2.29. The lowest BCUT2D eigenvalue weighted by atomic mass is 10.2. The SMILES string of the molecule is Oc1ccc(-n2c(-c3ccc(F)cc3)nc3ccccc32)cc1. The number of halogens is 1. The van der Waals surface area contributed by atoms with E-state index in [-0.39, 0.29) is 11.6 Å². The van der Waals surface area contributed by atoms with Gasteiger partial charge in [-0.3, -0.25) is 4.57 Å². The Hall–Kier alpha value is -3.14. The quantitative estimate of drug-likeness (QED) is 0.590. The van der Waals surface area contributed by atoms with E-state index in [2.05, 4.69) is 4.98 Å². The van der Waals surface area contributed by atoms with E-state index in [1.54, 1.807) is 24.3 Å². The summed E-state index contributed by atoms with van der Waals surface area (Å²) in [5.41, 5.74) is 3.53. The summed E-state index contributed by atoms with van der Waals surface area (Å²) in [6, 6.07) is 21.0. The monoisotopic (exact) mass is 304 g/mol. The number of para-hydroxylation sites is 2. The predicted molar refractivity (Wildman–Crippen MR) is 88.1 cm³/mol. The van der Waals surface area contributed by atoms with Crippen LogP contribution in [0.25, 0.3) is 28.1 Å². The molecule has 0 saturated carbocycles. The minimum absolute atomic E-state index is 0.210. The van der Waals surface area contributed by atoms with Crippen LogP contribution in [0.4, 0.5) is 4.39 Å². The van der Waals surface area contributed by atoms with Gasteiger partial charge in [-0.1, -0.05) is 12.1 Å². The molecule has 0 fully saturated rings. The van der Waals surface area contributed by atoms with E-state index in [9.17, 15) is 9.50 Å². The van der Waals surface area contributed by atoms with Crippen LogP contribution in [-0.2, 0) is 0 Å². The average Bonchev–Trinajstić information content (AvgIpc) is 2.96. The van der Waals surface area contributed by atoms with Crippen molar-refractivity contribution in [2.75, 3.05) is 0 Å². The standard InChI is InChI=1S/C19H13FN2O/c20-14-7-5-13(6-8-14)19-21-17-3-1-2-4-18(17)22(19)15-9-11-16(23)12-10-15/h1-12,23H. The molecule has 0 saturated heterocycles. The summed E-state index contributed by atoms with van der Waals surface area (Å²) in [7, 11) is 0. The fraction of sp³-hybridized carbons (Fsp3) is 0. The average molecular weight is 304 g/mol. The van der Waals surface area contributed by atoms with Crippen LogP contribution in [0.5, 0.6) is 5.75 Å². The van der Waals surface area contributed by atoms with Crippen molar-refractivity contribution in [2.45, 2.75) is 0 Å². The van der Waals surface area contributed by atoms with Crippen LogP contribution in [0.3, 0.4) is 0 Å². The number of imidazole rings is 1. The molecule has 0 atom stereocenters. The summed E-state index contributed by atoms with van der Waals surface area (Å²) in [6.07, 6.45) is 0. The number of fused-ring (bicyclic) bond motifs is 1. The first kappa shape index (κ1) is 13.5. The van der Waals surface area contributed by atoms with Crippen LogP contribution >= 0.6 is 0 Å². The van der Waals surface area contributed by atoms with Gasteiger partial charge in [0.1, 0.15) is 17.4 Å². The highest BCUT2D eigenvalue weighted by Gasteiger charge is 2.14. The van der Waals surface area contributed by atoms with Crippen molar-refractivity contribution in [3.05, 3.63) is 78.6 Å². The Kier molecular flexibility index (Phi) is 3.08. The number of hydrogen-bond acceptors (Lipinski definition) is 2. The largest absolute Gasteiger partial charge is 0.508 e. The fourth-order valence-corrected chi connectivity index (χ4v) is 2.68. The maximum absolute atomic E-state index is 13.2. The van der Waals surface area contributed by atoms with Crippen LogP contribution < -0.4 is 0 Å². The van der Waals surface area contributed by atoms with Gasteiger partial charge in [-0.15, -0.1) is 0 Å². The van der Waals surface area contributed by atoms with Gasteiger partial charge >= 0.3 is 0 Å². The lowest BCUT2D eigenvalue weighted by Gasteiger charge is -2.09. The van der Waals surface area contributed by atoms with Crippen molar-refractivity contribution in [1.82, 2.24) is 9.55 Å². The molecule has 0 bridgehead atoms. The molecule has 23 heavy (non-hydrogen) atoms. The number of benzene rings is 3. The third-order valence-corrected chi connectivity index (χ3v) is 3.77. The van der Waals surface area contributed by atoms with Gasteiger partial charge in [-0.2, -0.15) is 0 Å². The van der Waals surface area contributed by atoms with Crippen LogP contribution in [0.2, 0.25) is 0 Å². The van der Waals surface area contributed by atoms with Gasteiger partial charge in [0.25, 0.3) is 0 Å². The van der Waals surface area contributed by atoms with Crippen molar-refractivity contribution >= 4 is 11.0 Å². The Bertz CT molecular complexity index is 973. The molecule has 0 aliphatic rings. The molecule has 0 spiro atoms. The Morgan fingerprint density at radius 1 is 0.826 bits per heavy atom. The maximum Gasteiger partial charge on any atom is 0.145 e. The van der Waals surface area contributed by atoms with Crippen molar-refractivity contribution in [3.63, 3.8) is 0 Å². The molecule has 4 rings (SSSR count). The maximum atomic E-state index is 13.2. The van der Waals surface area contributed by atoms with Gasteiger partial charge in [0, 0.05) is 11.3 Å². The Morgan fingerprint density at radius 2 is 1.52 bits per heavy atom. The molecule has 4 heteroatoms. The molecule has 0 aliphatic carbocycles. The van der Waals surface area contributed by atoms with E-state index >= 15 is 0 Å². The Morgan fingerprint density at radius 3 is 2.26 bits per heavy atom. The van der Waals surface area contributed by atoms with Gasteiger partial charge in [0.05, 0.1) is 11.0 Å². The lowest BCUT2D eigenvalue weighted by molar-refractivity contribution is 0.475. The molecule has 3 nitrogen and oxygen atoms in total. The Labute approximate surface area is 132 Å². The number of aromatic hydroxyl groups is 1. The topological polar surface area (TPSA) is 38.0 Å². The number of nitrogens with zero attached hydrogens (tertiary/aromatic N) is 2. The number of phenols is 1. The first-order valence-corrected chi connectivity index (χ1v) is 7.25. The highest BCUT2D eigenvalue weighted by molar-refractivity contribution is 5.83. The molecule has 4 aromatic rings. The Balaban J connectivity index is 2.01. The number of aromatic nitrogens is 2. The number of phenolic OH excluding ortho intramolecular Hbond substituents is 1. The van der Waals surface area contributed by atoms with Gasteiger partial charge in [0.2, 0.25) is 0 Å². The molecule has 0 unspecified atom stereocenters.